The molecule has 80 valence electrons. The first-order chi connectivity index (χ1) is 6.83. The number of hydrogen-bond donors (Lipinski definition) is 1. The molecular formula is C10H18N2O2. The summed E-state index contributed by atoms with van der Waals surface area (Å²) in [6, 6.07) is 0.384. The van der Waals surface area contributed by atoms with Crippen LogP contribution in [0.5, 0.6) is 0 Å². The van der Waals surface area contributed by atoms with Crippen molar-refractivity contribution >= 4 is 6.03 Å². The van der Waals surface area contributed by atoms with Crippen LogP contribution < -0.4 is 5.32 Å². The Morgan fingerprint density at radius 2 is 2.21 bits per heavy atom. The average molecular weight is 198 g/mol. The number of carbonyl (C=O) groups excluding carboxylic acids is 1. The van der Waals surface area contributed by atoms with Gasteiger partial charge in [-0.05, 0) is 12.8 Å². The topological polar surface area (TPSA) is 41.6 Å². The molecule has 1 saturated carbocycles. The van der Waals surface area contributed by atoms with Crippen LogP contribution in [0.4, 0.5) is 4.79 Å². The van der Waals surface area contributed by atoms with Crippen molar-refractivity contribution in [3.63, 3.8) is 0 Å². The van der Waals surface area contributed by atoms with Gasteiger partial charge in [-0.15, -0.1) is 0 Å². The van der Waals surface area contributed by atoms with Gasteiger partial charge in [-0.25, -0.2) is 4.79 Å². The molecule has 0 unspecified atom stereocenters. The smallest absolute Gasteiger partial charge is 0.317 e. The third-order valence-corrected chi connectivity index (χ3v) is 3.26. The molecule has 2 amide bonds. The summed E-state index contributed by atoms with van der Waals surface area (Å²) < 4.78 is 5.44. The van der Waals surface area contributed by atoms with Gasteiger partial charge in [-0.2, -0.15) is 0 Å². The van der Waals surface area contributed by atoms with Gasteiger partial charge in [0.15, 0.2) is 0 Å². The van der Waals surface area contributed by atoms with Gasteiger partial charge in [0.1, 0.15) is 0 Å². The van der Waals surface area contributed by atoms with E-state index in [9.17, 15) is 4.79 Å². The zero-order valence-corrected chi connectivity index (χ0v) is 8.66. The Kier molecular flexibility index (Phi) is 2.91. The zero-order valence-electron chi connectivity index (χ0n) is 8.66. The standard InChI is InChI=1S/C10H18N2O2/c1-14-9-5-3-2-4-8(9)12-7-6-11-10(12)13/h8-9H,2-7H2,1H3,(H,11,13)/t8-,9+/m0/s1. The molecule has 2 aliphatic rings. The number of rotatable bonds is 2. The number of ether oxygens (including phenoxy) is 1. The highest BCUT2D eigenvalue weighted by atomic mass is 16.5. The minimum Gasteiger partial charge on any atom is -0.379 e. The zero-order chi connectivity index (χ0) is 9.97. The first-order valence-electron chi connectivity index (χ1n) is 5.40. The minimum atomic E-state index is 0.0824. The Morgan fingerprint density at radius 3 is 2.86 bits per heavy atom. The normalized spacial score (nSPS) is 33.2. The monoisotopic (exact) mass is 198 g/mol. The molecule has 1 aliphatic heterocycles. The SMILES string of the molecule is CO[C@@H]1CCCC[C@@H]1N1CCNC1=O. The number of hydrogen-bond acceptors (Lipinski definition) is 2. The third kappa shape index (κ3) is 1.71. The van der Waals surface area contributed by atoms with E-state index >= 15 is 0 Å². The van der Waals surface area contributed by atoms with Crippen LogP contribution in [0.15, 0.2) is 0 Å². The van der Waals surface area contributed by atoms with Crippen molar-refractivity contribution in [2.45, 2.75) is 37.8 Å². The highest BCUT2D eigenvalue weighted by Gasteiger charge is 2.34. The maximum absolute atomic E-state index is 11.5. The number of amides is 2. The van der Waals surface area contributed by atoms with Crippen LogP contribution in [-0.2, 0) is 4.74 Å². The molecule has 0 radical (unpaired) electrons. The summed E-state index contributed by atoms with van der Waals surface area (Å²) in [5.41, 5.74) is 0. The van der Waals surface area contributed by atoms with Crippen molar-refractivity contribution in [2.75, 3.05) is 20.2 Å². The van der Waals surface area contributed by atoms with Crippen LogP contribution in [0.25, 0.3) is 0 Å². The molecule has 2 rings (SSSR count). The van der Waals surface area contributed by atoms with Gasteiger partial charge in [-0.3, -0.25) is 0 Å². The lowest BCUT2D eigenvalue weighted by Gasteiger charge is -2.36. The lowest BCUT2D eigenvalue weighted by atomic mass is 9.91. The molecule has 1 N–H and O–H groups in total. The maximum atomic E-state index is 11.5. The van der Waals surface area contributed by atoms with Crippen LogP contribution in [0.2, 0.25) is 0 Å². The van der Waals surface area contributed by atoms with Gasteiger partial charge in [0, 0.05) is 20.2 Å². The number of urea groups is 1. The van der Waals surface area contributed by atoms with Crippen molar-refractivity contribution < 1.29 is 9.53 Å². The highest BCUT2D eigenvalue weighted by molar-refractivity contribution is 5.76. The van der Waals surface area contributed by atoms with E-state index in [2.05, 4.69) is 5.32 Å². The summed E-state index contributed by atoms with van der Waals surface area (Å²) >= 11 is 0. The molecule has 1 saturated heterocycles. The largest absolute Gasteiger partial charge is 0.379 e. The van der Waals surface area contributed by atoms with E-state index in [1.165, 1.54) is 12.8 Å². The first-order valence-corrected chi connectivity index (χ1v) is 5.40. The van der Waals surface area contributed by atoms with E-state index in [-0.39, 0.29) is 12.1 Å². The van der Waals surface area contributed by atoms with E-state index in [0.29, 0.717) is 6.04 Å². The van der Waals surface area contributed by atoms with Crippen LogP contribution in [0.3, 0.4) is 0 Å². The predicted octanol–water partition coefficient (Wildman–Crippen LogP) is 0.969. The van der Waals surface area contributed by atoms with Crippen LogP contribution >= 0.6 is 0 Å². The van der Waals surface area contributed by atoms with Crippen molar-refractivity contribution in [3.05, 3.63) is 0 Å². The molecule has 1 aliphatic carbocycles. The van der Waals surface area contributed by atoms with Gasteiger partial charge < -0.3 is 15.0 Å². The second-order valence-corrected chi connectivity index (χ2v) is 4.05. The Morgan fingerprint density at radius 1 is 1.43 bits per heavy atom. The summed E-state index contributed by atoms with van der Waals surface area (Å²) in [6.45, 7) is 1.62. The number of carbonyl (C=O) groups is 1. The minimum absolute atomic E-state index is 0.0824. The van der Waals surface area contributed by atoms with Gasteiger partial charge in [0.25, 0.3) is 0 Å². The van der Waals surface area contributed by atoms with Crippen LogP contribution in [-0.4, -0.2) is 43.3 Å². The summed E-state index contributed by atoms with van der Waals surface area (Å²) in [5.74, 6) is 0. The summed E-state index contributed by atoms with van der Waals surface area (Å²) in [7, 11) is 1.75. The molecule has 0 bridgehead atoms. The van der Waals surface area contributed by atoms with Crippen molar-refractivity contribution in [2.24, 2.45) is 0 Å². The highest BCUT2D eigenvalue weighted by Crippen LogP contribution is 2.26. The predicted molar refractivity (Wildman–Crippen MR) is 53.2 cm³/mol. The Labute approximate surface area is 84.6 Å². The Bertz CT molecular complexity index is 220. The van der Waals surface area contributed by atoms with Gasteiger partial charge in [-0.1, -0.05) is 12.8 Å². The summed E-state index contributed by atoms with van der Waals surface area (Å²) in [6.07, 6.45) is 4.86. The lowest BCUT2D eigenvalue weighted by molar-refractivity contribution is 0.00892. The first kappa shape index (κ1) is 9.77. The van der Waals surface area contributed by atoms with Crippen LogP contribution in [0, 0.1) is 0 Å². The molecule has 2 atom stereocenters. The average Bonchev–Trinajstić information content (AvgIpc) is 2.64. The molecule has 0 aromatic heterocycles. The van der Waals surface area contributed by atoms with Gasteiger partial charge >= 0.3 is 6.03 Å². The lowest BCUT2D eigenvalue weighted by Crippen LogP contribution is -2.47. The maximum Gasteiger partial charge on any atom is 0.317 e. The van der Waals surface area contributed by atoms with Crippen molar-refractivity contribution in [1.82, 2.24) is 10.2 Å². The fraction of sp³-hybridized carbons (Fsp3) is 0.900. The Balaban J connectivity index is 2.02. The van der Waals surface area contributed by atoms with E-state index in [1.807, 2.05) is 4.90 Å². The molecule has 0 spiro atoms. The quantitative estimate of drug-likeness (QED) is 0.718. The van der Waals surface area contributed by atoms with Crippen LogP contribution in [0.1, 0.15) is 25.7 Å². The van der Waals surface area contributed by atoms with E-state index in [1.54, 1.807) is 7.11 Å². The molecule has 4 nitrogen and oxygen atoms in total. The molecular weight excluding hydrogens is 180 g/mol. The van der Waals surface area contributed by atoms with Gasteiger partial charge in [0.2, 0.25) is 0 Å². The molecule has 14 heavy (non-hydrogen) atoms. The second-order valence-electron chi connectivity index (χ2n) is 4.05. The summed E-state index contributed by atoms with van der Waals surface area (Å²) in [4.78, 5) is 13.4. The van der Waals surface area contributed by atoms with Gasteiger partial charge in [0.05, 0.1) is 12.1 Å². The summed E-state index contributed by atoms with van der Waals surface area (Å²) in [5, 5.41) is 2.84. The molecule has 0 aromatic rings. The third-order valence-electron chi connectivity index (χ3n) is 3.26. The van der Waals surface area contributed by atoms with E-state index < -0.39 is 0 Å². The van der Waals surface area contributed by atoms with Crippen molar-refractivity contribution in [1.29, 1.82) is 0 Å². The number of methoxy groups -OCH3 is 1. The molecule has 1 heterocycles. The molecule has 2 fully saturated rings. The fourth-order valence-electron chi connectivity index (χ4n) is 2.51. The van der Waals surface area contributed by atoms with E-state index in [0.717, 1.165) is 25.9 Å². The number of nitrogens with one attached hydrogen (secondary N) is 1. The van der Waals surface area contributed by atoms with Crippen molar-refractivity contribution in [3.8, 4) is 0 Å². The second kappa shape index (κ2) is 4.17. The molecule has 4 heteroatoms. The van der Waals surface area contributed by atoms with E-state index in [4.69, 9.17) is 4.74 Å². The fourth-order valence-corrected chi connectivity index (χ4v) is 2.51. The molecule has 0 aromatic carbocycles. The Hall–Kier alpha value is -0.770. The number of nitrogens with zero attached hydrogens (tertiary/aromatic N) is 1.